The molecule has 2 fully saturated rings. The van der Waals surface area contributed by atoms with Gasteiger partial charge in [0.1, 0.15) is 18.5 Å². The Balaban J connectivity index is 1.41. The number of rotatable bonds is 10. The Kier molecular flexibility index (Phi) is 8.75. The topological polar surface area (TPSA) is 60.0 Å². The summed E-state index contributed by atoms with van der Waals surface area (Å²) in [6.45, 7) is 6.21. The quantitative estimate of drug-likeness (QED) is 0.556. The van der Waals surface area contributed by atoms with Crippen LogP contribution in [0.25, 0.3) is 0 Å². The summed E-state index contributed by atoms with van der Waals surface area (Å²) in [7, 11) is 4.30. The Morgan fingerprint density at radius 3 is 2.72 bits per heavy atom. The van der Waals surface area contributed by atoms with Gasteiger partial charge in [-0.1, -0.05) is 31.4 Å². The second-order valence-corrected chi connectivity index (χ2v) is 9.11. The molecule has 3 N–H and O–H groups in total. The Bertz CT molecular complexity index is 608. The number of hydrogen-bond donors (Lipinski definition) is 3. The van der Waals surface area contributed by atoms with E-state index < -0.39 is 6.10 Å². The number of benzene rings is 1. The Labute approximate surface area is 176 Å². The number of nitrogens with zero attached hydrogens (tertiary/aromatic N) is 2. The van der Waals surface area contributed by atoms with E-state index in [0.717, 1.165) is 25.4 Å². The van der Waals surface area contributed by atoms with Crippen LogP contribution in [0.5, 0.6) is 5.75 Å². The number of hydrogen-bond acceptors (Lipinski definition) is 6. The fourth-order valence-corrected chi connectivity index (χ4v) is 4.63. The average Bonchev–Trinajstić information content (AvgIpc) is 3.11. The molecule has 1 saturated carbocycles. The lowest BCUT2D eigenvalue weighted by Crippen LogP contribution is -2.40. The van der Waals surface area contributed by atoms with Gasteiger partial charge >= 0.3 is 0 Å². The largest absolute Gasteiger partial charge is 0.491 e. The molecule has 6 heteroatoms. The lowest BCUT2D eigenvalue weighted by molar-refractivity contribution is 0.0561. The van der Waals surface area contributed by atoms with E-state index in [0.29, 0.717) is 31.2 Å². The molecular weight excluding hydrogens is 364 g/mol. The normalized spacial score (nSPS) is 24.3. The molecule has 1 aromatic rings. The first-order valence-electron chi connectivity index (χ1n) is 11.3. The minimum atomic E-state index is -0.461. The monoisotopic (exact) mass is 404 g/mol. The van der Waals surface area contributed by atoms with E-state index in [2.05, 4.69) is 53.8 Å². The highest BCUT2D eigenvalue weighted by Gasteiger charge is 2.24. The van der Waals surface area contributed by atoms with Crippen LogP contribution in [0.2, 0.25) is 0 Å². The number of hydrazine groups is 1. The van der Waals surface area contributed by atoms with Crippen LogP contribution in [0.1, 0.15) is 44.6 Å². The fraction of sp³-hybridized carbons (Fsp3) is 0.739. The maximum absolute atomic E-state index is 10.4. The summed E-state index contributed by atoms with van der Waals surface area (Å²) in [5.74, 6) is 1.46. The van der Waals surface area contributed by atoms with Gasteiger partial charge in [0, 0.05) is 44.2 Å². The fourth-order valence-electron chi connectivity index (χ4n) is 4.63. The van der Waals surface area contributed by atoms with E-state index in [1.165, 1.54) is 37.7 Å². The second kappa shape index (κ2) is 11.3. The molecule has 2 aliphatic rings. The van der Waals surface area contributed by atoms with Crippen molar-refractivity contribution in [2.24, 2.45) is 5.92 Å². The summed E-state index contributed by atoms with van der Waals surface area (Å²) in [6.07, 6.45) is 6.04. The highest BCUT2D eigenvalue weighted by Crippen LogP contribution is 2.22. The van der Waals surface area contributed by atoms with Gasteiger partial charge in [0.25, 0.3) is 0 Å². The molecule has 6 nitrogen and oxygen atoms in total. The van der Waals surface area contributed by atoms with E-state index >= 15 is 0 Å². The van der Waals surface area contributed by atoms with Crippen LogP contribution < -0.4 is 15.6 Å². The third-order valence-electron chi connectivity index (χ3n) is 6.44. The maximum Gasteiger partial charge on any atom is 0.119 e. The molecule has 1 aromatic carbocycles. The van der Waals surface area contributed by atoms with E-state index in [-0.39, 0.29) is 0 Å². The molecule has 1 saturated heterocycles. The number of nitrogens with one attached hydrogen (secondary N) is 2. The number of likely N-dealkylation sites (N-methyl/N-ethyl adjacent to an activating group) is 1. The molecule has 29 heavy (non-hydrogen) atoms. The van der Waals surface area contributed by atoms with Gasteiger partial charge in [-0.25, -0.2) is 0 Å². The van der Waals surface area contributed by atoms with Crippen LogP contribution in [0.4, 0.5) is 0 Å². The van der Waals surface area contributed by atoms with Gasteiger partial charge in [-0.15, -0.1) is 0 Å². The molecule has 164 valence electrons. The van der Waals surface area contributed by atoms with Crippen molar-refractivity contribution in [3.63, 3.8) is 0 Å². The van der Waals surface area contributed by atoms with Gasteiger partial charge in [0.15, 0.2) is 0 Å². The van der Waals surface area contributed by atoms with Crippen molar-refractivity contribution >= 4 is 0 Å². The molecule has 3 rings (SSSR count). The van der Waals surface area contributed by atoms with Crippen LogP contribution >= 0.6 is 0 Å². The third kappa shape index (κ3) is 7.23. The zero-order chi connectivity index (χ0) is 20.6. The minimum Gasteiger partial charge on any atom is -0.491 e. The van der Waals surface area contributed by atoms with Gasteiger partial charge in [-0.05, 0) is 51.6 Å². The third-order valence-corrected chi connectivity index (χ3v) is 6.44. The van der Waals surface area contributed by atoms with Crippen molar-refractivity contribution in [3.8, 4) is 5.75 Å². The number of aliphatic hydroxyl groups excluding tert-OH is 1. The van der Waals surface area contributed by atoms with Crippen molar-refractivity contribution in [1.29, 1.82) is 0 Å². The molecule has 1 aliphatic heterocycles. The van der Waals surface area contributed by atoms with Crippen molar-refractivity contribution in [1.82, 2.24) is 20.7 Å². The Hall–Kier alpha value is -1.18. The van der Waals surface area contributed by atoms with Gasteiger partial charge < -0.3 is 19.6 Å². The molecular formula is C23H40N4O2. The molecule has 0 amide bonds. The molecule has 1 heterocycles. The first-order valence-corrected chi connectivity index (χ1v) is 11.3. The first kappa shape index (κ1) is 22.5. The van der Waals surface area contributed by atoms with Crippen LogP contribution in [0, 0.1) is 5.92 Å². The predicted octanol–water partition coefficient (Wildman–Crippen LogP) is 2.24. The van der Waals surface area contributed by atoms with E-state index in [1.807, 2.05) is 12.1 Å². The molecule has 0 bridgehead atoms. The Morgan fingerprint density at radius 2 is 2.00 bits per heavy atom. The summed E-state index contributed by atoms with van der Waals surface area (Å²) in [6, 6.07) is 9.38. The van der Waals surface area contributed by atoms with Gasteiger partial charge in [-0.2, -0.15) is 0 Å². The molecule has 0 radical (unpaired) electrons. The highest BCUT2D eigenvalue weighted by atomic mass is 16.5. The standard InChI is InChI=1S/C23H40N4O2/c1-18-20(13-24-25-18)15-26(2)14-19-8-7-11-23(12-19)29-17-22(28)16-27(3)21-9-5-4-6-10-21/h7-8,11-12,18,20-22,24-25,28H,4-6,9-10,13-17H2,1-3H3. The van der Waals surface area contributed by atoms with Gasteiger partial charge in [0.2, 0.25) is 0 Å². The summed E-state index contributed by atoms with van der Waals surface area (Å²) in [5, 5.41) is 10.4. The molecule has 1 aliphatic carbocycles. The molecule has 3 unspecified atom stereocenters. The first-order chi connectivity index (χ1) is 14.0. The zero-order valence-corrected chi connectivity index (χ0v) is 18.4. The summed E-state index contributed by atoms with van der Waals surface area (Å²) in [5.41, 5.74) is 7.76. The van der Waals surface area contributed by atoms with Crippen LogP contribution in [0.3, 0.4) is 0 Å². The van der Waals surface area contributed by atoms with Crippen molar-refractivity contribution in [2.45, 2.75) is 63.8 Å². The molecule has 0 spiro atoms. The number of aliphatic hydroxyl groups is 1. The summed E-state index contributed by atoms with van der Waals surface area (Å²) < 4.78 is 5.91. The summed E-state index contributed by atoms with van der Waals surface area (Å²) >= 11 is 0. The lowest BCUT2D eigenvalue weighted by Gasteiger charge is -2.32. The maximum atomic E-state index is 10.4. The smallest absolute Gasteiger partial charge is 0.119 e. The summed E-state index contributed by atoms with van der Waals surface area (Å²) in [4.78, 5) is 4.68. The van der Waals surface area contributed by atoms with E-state index in [9.17, 15) is 5.11 Å². The second-order valence-electron chi connectivity index (χ2n) is 9.11. The minimum absolute atomic E-state index is 0.341. The van der Waals surface area contributed by atoms with Crippen LogP contribution in [-0.4, -0.2) is 73.4 Å². The Morgan fingerprint density at radius 1 is 1.21 bits per heavy atom. The van der Waals surface area contributed by atoms with Crippen molar-refractivity contribution in [3.05, 3.63) is 29.8 Å². The van der Waals surface area contributed by atoms with Gasteiger partial charge in [-0.3, -0.25) is 10.9 Å². The van der Waals surface area contributed by atoms with Gasteiger partial charge in [0.05, 0.1) is 0 Å². The van der Waals surface area contributed by atoms with Crippen LogP contribution in [0.15, 0.2) is 24.3 Å². The lowest BCUT2D eigenvalue weighted by atomic mass is 9.94. The van der Waals surface area contributed by atoms with E-state index in [1.54, 1.807) is 0 Å². The predicted molar refractivity (Wildman–Crippen MR) is 118 cm³/mol. The number of ether oxygens (including phenoxy) is 1. The van der Waals surface area contributed by atoms with Crippen LogP contribution in [-0.2, 0) is 6.54 Å². The van der Waals surface area contributed by atoms with E-state index in [4.69, 9.17) is 4.74 Å². The van der Waals surface area contributed by atoms with Crippen molar-refractivity contribution in [2.75, 3.05) is 40.3 Å². The highest BCUT2D eigenvalue weighted by molar-refractivity contribution is 5.28. The van der Waals surface area contributed by atoms with Crippen molar-refractivity contribution < 1.29 is 9.84 Å². The average molecular weight is 405 g/mol. The molecule has 3 atom stereocenters. The molecule has 0 aromatic heterocycles. The zero-order valence-electron chi connectivity index (χ0n) is 18.4. The SMILES string of the molecule is CC1NNCC1CN(C)Cc1cccc(OCC(O)CN(C)C2CCCCC2)c1.